The van der Waals surface area contributed by atoms with Gasteiger partial charge in [-0.3, -0.25) is 13.9 Å². The second-order valence-electron chi connectivity index (χ2n) is 8.31. The zero-order chi connectivity index (χ0) is 25.3. The molecular weight excluding hydrogens is 480 g/mol. The number of nitrogens with one attached hydrogen (secondary N) is 2. The Morgan fingerprint density at radius 2 is 1.81 bits per heavy atom. The molecule has 0 bridgehead atoms. The van der Waals surface area contributed by atoms with Crippen LogP contribution in [0.25, 0.3) is 10.9 Å². The Morgan fingerprint density at radius 1 is 1.06 bits per heavy atom. The van der Waals surface area contributed by atoms with Gasteiger partial charge in [-0.15, -0.1) is 4.40 Å². The lowest BCUT2D eigenvalue weighted by Crippen LogP contribution is -2.36. The lowest BCUT2D eigenvalue weighted by atomic mass is 10.1. The van der Waals surface area contributed by atoms with E-state index in [1.54, 1.807) is 36.4 Å². The van der Waals surface area contributed by atoms with Gasteiger partial charge in [-0.05, 0) is 36.2 Å². The van der Waals surface area contributed by atoms with E-state index in [-0.39, 0.29) is 22.0 Å². The second-order valence-corrected chi connectivity index (χ2v) is 9.97. The van der Waals surface area contributed by atoms with Gasteiger partial charge in [0.1, 0.15) is 28.6 Å². The number of para-hydroxylation sites is 1. The summed E-state index contributed by atoms with van der Waals surface area (Å²) in [5, 5.41) is 14.5. The summed E-state index contributed by atoms with van der Waals surface area (Å²) >= 11 is 0. The van der Waals surface area contributed by atoms with Gasteiger partial charge in [-0.1, -0.05) is 60.2 Å². The van der Waals surface area contributed by atoms with E-state index in [0.29, 0.717) is 35.5 Å². The van der Waals surface area contributed by atoms with Crippen LogP contribution in [-0.2, 0) is 6.61 Å². The Labute approximate surface area is 209 Å². The minimum atomic E-state index is -3.70. The molecule has 5 N–H and O–H groups in total. The monoisotopic (exact) mass is 506 g/mol. The Balaban J connectivity index is 1.54. The molecule has 4 aromatic rings. The van der Waals surface area contributed by atoms with E-state index in [2.05, 4.69) is 15.1 Å². The molecule has 0 unspecified atom stereocenters. The average molecular weight is 507 g/mol. The van der Waals surface area contributed by atoms with Crippen LogP contribution in [0.5, 0.6) is 11.5 Å². The van der Waals surface area contributed by atoms with Crippen LogP contribution in [-0.4, -0.2) is 31.3 Å². The minimum Gasteiger partial charge on any atom is -0.506 e. The summed E-state index contributed by atoms with van der Waals surface area (Å²) < 4.78 is 33.1. The van der Waals surface area contributed by atoms with Gasteiger partial charge in [-0.2, -0.15) is 0 Å². The molecule has 0 radical (unpaired) electrons. The van der Waals surface area contributed by atoms with Crippen LogP contribution in [0.1, 0.15) is 24.5 Å². The summed E-state index contributed by atoms with van der Waals surface area (Å²) in [5.41, 5.74) is 4.17. The van der Waals surface area contributed by atoms with E-state index >= 15 is 0 Å². The third-order valence-electron chi connectivity index (χ3n) is 5.78. The first-order valence-electron chi connectivity index (χ1n) is 11.5. The number of nitrogens with zero attached hydrogens (tertiary/aromatic N) is 2. The van der Waals surface area contributed by atoms with Crippen LogP contribution < -0.4 is 21.0 Å². The maximum atomic E-state index is 13.5. The van der Waals surface area contributed by atoms with Gasteiger partial charge >= 0.3 is 0 Å². The largest absolute Gasteiger partial charge is 0.506 e. The first-order valence-corrected chi connectivity index (χ1v) is 13.0. The van der Waals surface area contributed by atoms with E-state index in [0.717, 1.165) is 12.0 Å². The van der Waals surface area contributed by atoms with Gasteiger partial charge in [0.2, 0.25) is 0 Å². The predicted octanol–water partition coefficient (Wildman–Crippen LogP) is 5.14. The van der Waals surface area contributed by atoms with Gasteiger partial charge in [-0.25, -0.2) is 4.68 Å². The lowest BCUT2D eigenvalue weighted by Gasteiger charge is -2.34. The molecule has 1 aliphatic heterocycles. The number of anilines is 1. The number of amidine groups is 1. The molecular formula is C26H26N4O5S. The molecule has 2 heterocycles. The Morgan fingerprint density at radius 3 is 2.58 bits per heavy atom. The van der Waals surface area contributed by atoms with Crippen LogP contribution >= 0.6 is 10.8 Å². The van der Waals surface area contributed by atoms with E-state index in [4.69, 9.17) is 4.74 Å². The zero-order valence-corrected chi connectivity index (χ0v) is 20.3. The lowest BCUT2D eigenvalue weighted by molar-refractivity contribution is 0.305. The van der Waals surface area contributed by atoms with Crippen LogP contribution in [0.4, 0.5) is 5.69 Å². The van der Waals surface area contributed by atoms with Crippen LogP contribution in [0.15, 0.2) is 86.9 Å². The molecule has 36 heavy (non-hydrogen) atoms. The normalized spacial score (nSPS) is 14.9. The van der Waals surface area contributed by atoms with Gasteiger partial charge in [0, 0.05) is 18.0 Å². The van der Waals surface area contributed by atoms with E-state index in [9.17, 15) is 19.0 Å². The molecule has 0 fully saturated rings. The maximum absolute atomic E-state index is 13.5. The Hall–Kier alpha value is -3.99. The van der Waals surface area contributed by atoms with Crippen molar-refractivity contribution in [2.45, 2.75) is 24.8 Å². The molecule has 0 spiro atoms. The zero-order valence-electron chi connectivity index (χ0n) is 19.5. The average Bonchev–Trinajstić information content (AvgIpc) is 2.88. The first-order chi connectivity index (χ1) is 17.4. The summed E-state index contributed by atoms with van der Waals surface area (Å²) in [6, 6.07) is 21.4. The van der Waals surface area contributed by atoms with Crippen molar-refractivity contribution in [3.8, 4) is 11.5 Å². The van der Waals surface area contributed by atoms with Gasteiger partial charge in [0.25, 0.3) is 5.56 Å². The second kappa shape index (κ2) is 9.57. The predicted molar refractivity (Wildman–Crippen MR) is 143 cm³/mol. The van der Waals surface area contributed by atoms with Crippen molar-refractivity contribution in [1.82, 2.24) is 4.68 Å². The Kier molecular flexibility index (Phi) is 6.31. The number of hydrogen-bond acceptors (Lipinski definition) is 8. The topological polar surface area (TPSA) is 128 Å². The molecule has 186 valence electrons. The number of benzene rings is 3. The number of rotatable bonds is 7. The smallest absolute Gasteiger partial charge is 0.284 e. The van der Waals surface area contributed by atoms with Gasteiger partial charge < -0.3 is 20.6 Å². The molecule has 1 aromatic heterocycles. The molecule has 0 amide bonds. The molecule has 5 rings (SSSR count). The highest BCUT2D eigenvalue weighted by Gasteiger charge is 2.31. The summed E-state index contributed by atoms with van der Waals surface area (Å²) in [6.45, 7) is 2.81. The quantitative estimate of drug-likeness (QED) is 0.235. The van der Waals surface area contributed by atoms with Crippen molar-refractivity contribution >= 4 is 33.2 Å². The highest BCUT2D eigenvalue weighted by molar-refractivity contribution is 8.23. The summed E-state index contributed by atoms with van der Waals surface area (Å²) in [5.74, 6) is 0.0244. The molecule has 9 nitrogen and oxygen atoms in total. The number of ether oxygens (including phenoxy) is 1. The molecule has 1 aliphatic rings. The maximum Gasteiger partial charge on any atom is 0.284 e. The fraction of sp³-hybridized carbons (Fsp3) is 0.154. The number of pyridine rings is 1. The summed E-state index contributed by atoms with van der Waals surface area (Å²) in [4.78, 5) is 13.6. The third kappa shape index (κ3) is 4.37. The molecule has 0 atom stereocenters. The molecule has 10 heteroatoms. The standard InChI is InChI=1S/C26H26N4O5S/c1-2-14-27-30-21-11-7-6-10-19(21)24(31)23(26(30)32)25-28-20-13-12-18(15-22(20)36(33,34)29-25)35-16-17-8-4-3-5-9-17/h3-13,15,27,31,33-34H,2,14,16H2,1H3,(H,28,29). The highest BCUT2D eigenvalue weighted by Crippen LogP contribution is 2.56. The number of aromatic hydroxyl groups is 1. The van der Waals surface area contributed by atoms with E-state index < -0.39 is 16.3 Å². The third-order valence-corrected chi connectivity index (χ3v) is 7.14. The highest BCUT2D eigenvalue weighted by atomic mass is 32.3. The van der Waals surface area contributed by atoms with Crippen LogP contribution in [0.3, 0.4) is 0 Å². The van der Waals surface area contributed by atoms with Crippen molar-refractivity contribution < 1.29 is 18.9 Å². The van der Waals surface area contributed by atoms with Crippen molar-refractivity contribution in [3.63, 3.8) is 0 Å². The first kappa shape index (κ1) is 23.7. The van der Waals surface area contributed by atoms with Crippen molar-refractivity contribution in [1.29, 1.82) is 0 Å². The number of hydrogen-bond donors (Lipinski definition) is 5. The van der Waals surface area contributed by atoms with Crippen LogP contribution in [0, 0.1) is 0 Å². The molecule has 0 saturated heterocycles. The SMILES string of the molecule is CCCNn1c(=O)c(C2=NS(O)(O)c3cc(OCc4ccccc4)ccc3N2)c(O)c2ccccc21. The molecule has 0 aliphatic carbocycles. The van der Waals surface area contributed by atoms with Crippen LogP contribution in [0.2, 0.25) is 0 Å². The fourth-order valence-corrected chi connectivity index (χ4v) is 5.20. The number of fused-ring (bicyclic) bond motifs is 2. The van der Waals surface area contributed by atoms with E-state index in [1.807, 2.05) is 37.3 Å². The molecule has 0 saturated carbocycles. The van der Waals surface area contributed by atoms with Crippen molar-refractivity contribution in [2.75, 3.05) is 17.3 Å². The molecule has 3 aromatic carbocycles. The van der Waals surface area contributed by atoms with Gasteiger partial charge in [0.15, 0.2) is 5.84 Å². The Bertz CT molecular complexity index is 1520. The number of aromatic nitrogens is 1. The van der Waals surface area contributed by atoms with Crippen molar-refractivity contribution in [2.24, 2.45) is 4.40 Å². The fourth-order valence-electron chi connectivity index (χ4n) is 4.02. The minimum absolute atomic E-state index is 0.124. The van der Waals surface area contributed by atoms with Crippen molar-refractivity contribution in [3.05, 3.63) is 94.3 Å². The van der Waals surface area contributed by atoms with Gasteiger partial charge in [0.05, 0.1) is 11.2 Å². The summed E-state index contributed by atoms with van der Waals surface area (Å²) in [6.07, 6.45) is 0.777. The summed E-state index contributed by atoms with van der Waals surface area (Å²) in [7, 11) is -3.70. The van der Waals surface area contributed by atoms with E-state index in [1.165, 1.54) is 10.7 Å².